The van der Waals surface area contributed by atoms with Crippen LogP contribution in [0.25, 0.3) is 0 Å². The molecule has 2 rings (SSSR count). The number of rotatable bonds is 2. The number of anilines is 2. The maximum atomic E-state index is 13.1. The van der Waals surface area contributed by atoms with E-state index in [2.05, 4.69) is 9.97 Å². The van der Waals surface area contributed by atoms with Crippen LogP contribution in [0.1, 0.15) is 5.69 Å². The summed E-state index contributed by atoms with van der Waals surface area (Å²) in [6.45, 7) is 0. The van der Waals surface area contributed by atoms with Gasteiger partial charge in [-0.25, -0.2) is 14.4 Å². The molecule has 1 aromatic heterocycles. The van der Waals surface area contributed by atoms with Gasteiger partial charge in [-0.2, -0.15) is 13.2 Å². The highest BCUT2D eigenvalue weighted by atomic mass is 35.5. The summed E-state index contributed by atoms with van der Waals surface area (Å²) >= 11 is 5.50. The molecule has 0 aliphatic rings. The molecule has 0 radical (unpaired) electrons. The molecule has 0 spiro atoms. The third-order valence-corrected chi connectivity index (χ3v) is 2.68. The lowest BCUT2D eigenvalue weighted by molar-refractivity contribution is -0.141. The molecule has 20 heavy (non-hydrogen) atoms. The molecular formula is C12H8ClF4N3. The Morgan fingerprint density at radius 3 is 2.45 bits per heavy atom. The highest BCUT2D eigenvalue weighted by molar-refractivity contribution is 6.28. The van der Waals surface area contributed by atoms with Gasteiger partial charge in [0.1, 0.15) is 11.6 Å². The summed E-state index contributed by atoms with van der Waals surface area (Å²) in [5.41, 5.74) is -0.816. The Labute approximate surface area is 116 Å². The van der Waals surface area contributed by atoms with Gasteiger partial charge in [0.15, 0.2) is 5.69 Å². The Kier molecular flexibility index (Phi) is 3.80. The van der Waals surface area contributed by atoms with E-state index in [0.29, 0.717) is 5.69 Å². The number of hydrogen-bond acceptors (Lipinski definition) is 3. The molecule has 1 aromatic carbocycles. The van der Waals surface area contributed by atoms with Crippen molar-refractivity contribution in [3.05, 3.63) is 47.1 Å². The second-order valence-electron chi connectivity index (χ2n) is 3.92. The number of hydrogen-bond donors (Lipinski definition) is 0. The van der Waals surface area contributed by atoms with E-state index >= 15 is 0 Å². The van der Waals surface area contributed by atoms with Crippen molar-refractivity contribution in [2.45, 2.75) is 6.18 Å². The molecular weight excluding hydrogens is 298 g/mol. The van der Waals surface area contributed by atoms with Crippen LogP contribution < -0.4 is 4.90 Å². The van der Waals surface area contributed by atoms with Gasteiger partial charge in [-0.05, 0) is 29.8 Å². The fourth-order valence-corrected chi connectivity index (χ4v) is 1.72. The van der Waals surface area contributed by atoms with Gasteiger partial charge in [-0.3, -0.25) is 0 Å². The molecule has 3 nitrogen and oxygen atoms in total. The van der Waals surface area contributed by atoms with Crippen molar-refractivity contribution in [3.63, 3.8) is 0 Å². The Hall–Kier alpha value is -1.89. The van der Waals surface area contributed by atoms with Crippen LogP contribution in [-0.4, -0.2) is 17.0 Å². The molecule has 0 fully saturated rings. The lowest BCUT2D eigenvalue weighted by atomic mass is 10.3. The van der Waals surface area contributed by atoms with Gasteiger partial charge in [-0.1, -0.05) is 6.07 Å². The largest absolute Gasteiger partial charge is 0.433 e. The van der Waals surface area contributed by atoms with E-state index < -0.39 is 23.0 Å². The van der Waals surface area contributed by atoms with Gasteiger partial charge in [0.25, 0.3) is 0 Å². The molecule has 106 valence electrons. The van der Waals surface area contributed by atoms with Crippen LogP contribution in [0.15, 0.2) is 30.3 Å². The van der Waals surface area contributed by atoms with Crippen molar-refractivity contribution < 1.29 is 17.6 Å². The van der Waals surface area contributed by atoms with Gasteiger partial charge >= 0.3 is 6.18 Å². The summed E-state index contributed by atoms with van der Waals surface area (Å²) in [5.74, 6) is -0.589. The summed E-state index contributed by atoms with van der Waals surface area (Å²) in [7, 11) is 1.45. The second-order valence-corrected chi connectivity index (χ2v) is 4.26. The van der Waals surface area contributed by atoms with Crippen molar-refractivity contribution in [1.29, 1.82) is 0 Å². The Balaban J connectivity index is 2.45. The van der Waals surface area contributed by atoms with E-state index in [1.807, 2.05) is 0 Å². The minimum absolute atomic E-state index is 0.0806. The van der Waals surface area contributed by atoms with Crippen molar-refractivity contribution >= 4 is 23.1 Å². The standard InChI is InChI=1S/C12H8ClF4N3/c1-20(8-4-2-3-7(14)5-8)10-6-9(12(15,16)17)18-11(13)19-10/h2-6H,1H3. The summed E-state index contributed by atoms with van der Waals surface area (Å²) < 4.78 is 51.1. The van der Waals surface area contributed by atoms with Crippen molar-refractivity contribution in [2.24, 2.45) is 0 Å². The van der Waals surface area contributed by atoms with Gasteiger partial charge in [0, 0.05) is 18.8 Å². The number of alkyl halides is 3. The highest BCUT2D eigenvalue weighted by Crippen LogP contribution is 2.32. The van der Waals surface area contributed by atoms with Crippen LogP contribution in [0, 0.1) is 5.82 Å². The molecule has 8 heteroatoms. The van der Waals surface area contributed by atoms with Crippen LogP contribution in [-0.2, 0) is 6.18 Å². The maximum Gasteiger partial charge on any atom is 0.433 e. The fraction of sp³-hybridized carbons (Fsp3) is 0.167. The van der Waals surface area contributed by atoms with Crippen molar-refractivity contribution in [3.8, 4) is 0 Å². The minimum atomic E-state index is -4.63. The summed E-state index contributed by atoms with van der Waals surface area (Å²) in [5, 5.41) is -0.530. The zero-order valence-corrected chi connectivity index (χ0v) is 10.9. The lowest BCUT2D eigenvalue weighted by Gasteiger charge is -2.19. The monoisotopic (exact) mass is 305 g/mol. The SMILES string of the molecule is CN(c1cccc(F)c1)c1cc(C(F)(F)F)nc(Cl)n1. The molecule has 0 atom stereocenters. The second kappa shape index (κ2) is 5.24. The molecule has 0 bridgehead atoms. The van der Waals surface area contributed by atoms with Gasteiger partial charge in [0.05, 0.1) is 0 Å². The number of benzene rings is 1. The first-order valence-electron chi connectivity index (χ1n) is 5.38. The average Bonchev–Trinajstić information content (AvgIpc) is 2.36. The van der Waals surface area contributed by atoms with Crippen LogP contribution in [0.5, 0.6) is 0 Å². The average molecular weight is 306 g/mol. The topological polar surface area (TPSA) is 29.0 Å². The van der Waals surface area contributed by atoms with E-state index in [9.17, 15) is 17.6 Å². The van der Waals surface area contributed by atoms with E-state index in [1.54, 1.807) is 0 Å². The normalized spacial score (nSPS) is 11.5. The van der Waals surface area contributed by atoms with Crippen LogP contribution >= 0.6 is 11.6 Å². The van der Waals surface area contributed by atoms with Crippen molar-refractivity contribution in [2.75, 3.05) is 11.9 Å². The summed E-state index contributed by atoms with van der Waals surface area (Å²) in [6, 6.07) is 6.12. The first kappa shape index (κ1) is 14.5. The Bertz CT molecular complexity index is 630. The van der Waals surface area contributed by atoms with Gasteiger partial charge in [0.2, 0.25) is 5.28 Å². The fourth-order valence-electron chi connectivity index (χ4n) is 1.54. The van der Waals surface area contributed by atoms with Crippen molar-refractivity contribution in [1.82, 2.24) is 9.97 Å². The van der Waals surface area contributed by atoms with E-state index in [0.717, 1.165) is 6.07 Å². The maximum absolute atomic E-state index is 13.1. The molecule has 0 unspecified atom stereocenters. The third-order valence-electron chi connectivity index (χ3n) is 2.51. The first-order valence-corrected chi connectivity index (χ1v) is 5.76. The smallest absolute Gasteiger partial charge is 0.329 e. The van der Waals surface area contributed by atoms with Crippen LogP contribution in [0.2, 0.25) is 5.28 Å². The van der Waals surface area contributed by atoms with Gasteiger partial charge < -0.3 is 4.90 Å². The van der Waals surface area contributed by atoms with Gasteiger partial charge in [-0.15, -0.1) is 0 Å². The molecule has 0 aliphatic carbocycles. The quantitative estimate of drug-likeness (QED) is 0.619. The predicted octanol–water partition coefficient (Wildman–Crippen LogP) is 4.06. The molecule has 1 heterocycles. The molecule has 2 aromatic rings. The molecule has 0 N–H and O–H groups in total. The predicted molar refractivity (Wildman–Crippen MR) is 66.5 cm³/mol. The number of aromatic nitrogens is 2. The van der Waals surface area contributed by atoms with E-state index in [-0.39, 0.29) is 5.82 Å². The highest BCUT2D eigenvalue weighted by Gasteiger charge is 2.34. The molecule has 0 saturated heterocycles. The van der Waals surface area contributed by atoms with E-state index in [1.165, 1.54) is 36.2 Å². The minimum Gasteiger partial charge on any atom is -0.329 e. The van der Waals surface area contributed by atoms with E-state index in [4.69, 9.17) is 11.6 Å². The first-order chi connectivity index (χ1) is 9.27. The molecule has 0 saturated carbocycles. The zero-order chi connectivity index (χ0) is 14.9. The third kappa shape index (κ3) is 3.16. The zero-order valence-electron chi connectivity index (χ0n) is 10.1. The summed E-state index contributed by atoms with van der Waals surface area (Å²) in [6.07, 6.45) is -4.63. The molecule has 0 aliphatic heterocycles. The number of halogens is 5. The Morgan fingerprint density at radius 2 is 1.85 bits per heavy atom. The van der Waals surface area contributed by atoms with Crippen LogP contribution in [0.3, 0.4) is 0 Å². The Morgan fingerprint density at radius 1 is 1.15 bits per heavy atom. The molecule has 0 amide bonds. The van der Waals surface area contributed by atoms with Crippen LogP contribution in [0.4, 0.5) is 29.1 Å². The number of nitrogens with zero attached hydrogens (tertiary/aromatic N) is 3. The summed E-state index contributed by atoms with van der Waals surface area (Å²) in [4.78, 5) is 8.12. The lowest BCUT2D eigenvalue weighted by Crippen LogP contribution is -2.15.